The second-order valence-electron chi connectivity index (χ2n) is 5.99. The Morgan fingerprint density at radius 2 is 2.19 bits per heavy atom. The summed E-state index contributed by atoms with van der Waals surface area (Å²) in [6.45, 7) is 3.42. The number of carbonyl (C=O) groups is 1. The number of carbonyl (C=O) groups excluding carboxylic acids is 1. The highest BCUT2D eigenvalue weighted by Gasteiger charge is 2.15. The van der Waals surface area contributed by atoms with Gasteiger partial charge in [-0.05, 0) is 43.5 Å². The third-order valence-electron chi connectivity index (χ3n) is 4.20. The second-order valence-corrected chi connectivity index (χ2v) is 5.99. The summed E-state index contributed by atoms with van der Waals surface area (Å²) in [6, 6.07) is 7.00. The van der Waals surface area contributed by atoms with Crippen molar-refractivity contribution in [1.29, 1.82) is 5.26 Å². The van der Waals surface area contributed by atoms with E-state index in [-0.39, 0.29) is 18.6 Å². The molecule has 0 saturated carbocycles. The van der Waals surface area contributed by atoms with E-state index in [1.807, 2.05) is 6.07 Å². The van der Waals surface area contributed by atoms with Crippen LogP contribution in [-0.2, 0) is 22.6 Å². The van der Waals surface area contributed by atoms with Crippen LogP contribution < -0.4 is 5.56 Å². The first-order valence-electron chi connectivity index (χ1n) is 8.27. The molecule has 0 spiro atoms. The zero-order valence-corrected chi connectivity index (χ0v) is 14.9. The lowest BCUT2D eigenvalue weighted by Crippen LogP contribution is -2.17. The molecule has 1 N–H and O–H groups in total. The number of nitrogens with one attached hydrogen (secondary N) is 1. The van der Waals surface area contributed by atoms with E-state index in [0.717, 1.165) is 5.56 Å². The molecule has 3 aromatic rings. The number of aromatic amines is 1. The minimum absolute atomic E-state index is 0.0178. The number of furan rings is 1. The first kappa shape index (κ1) is 18.2. The molecule has 27 heavy (non-hydrogen) atoms. The number of pyridine rings is 1. The second kappa shape index (κ2) is 7.74. The van der Waals surface area contributed by atoms with Gasteiger partial charge in [0.15, 0.2) is 5.76 Å². The van der Waals surface area contributed by atoms with Crippen LogP contribution >= 0.6 is 0 Å². The van der Waals surface area contributed by atoms with Crippen molar-refractivity contribution >= 4 is 5.97 Å². The molecule has 0 bridgehead atoms. The summed E-state index contributed by atoms with van der Waals surface area (Å²) in [5.41, 5.74) is 2.12. The third kappa shape index (κ3) is 3.98. The minimum atomic E-state index is -0.419. The molecule has 0 fully saturated rings. The molecule has 0 aliphatic heterocycles. The lowest BCUT2D eigenvalue weighted by Gasteiger charge is -2.10. The molecule has 0 amide bonds. The van der Waals surface area contributed by atoms with Gasteiger partial charge < -0.3 is 18.7 Å². The Balaban J connectivity index is 1.58. The van der Waals surface area contributed by atoms with E-state index in [1.165, 1.54) is 6.26 Å². The molecule has 0 atom stereocenters. The first-order chi connectivity index (χ1) is 13.0. The zero-order valence-electron chi connectivity index (χ0n) is 14.9. The quantitative estimate of drug-likeness (QED) is 0.665. The summed E-state index contributed by atoms with van der Waals surface area (Å²) >= 11 is 0. The predicted octanol–water partition coefficient (Wildman–Crippen LogP) is 2.79. The summed E-state index contributed by atoms with van der Waals surface area (Å²) in [4.78, 5) is 26.4. The van der Waals surface area contributed by atoms with Gasteiger partial charge in [-0.2, -0.15) is 5.26 Å². The van der Waals surface area contributed by atoms with Crippen molar-refractivity contribution in [3.05, 3.63) is 62.9 Å². The van der Waals surface area contributed by atoms with Crippen molar-refractivity contribution in [2.75, 3.05) is 0 Å². The fourth-order valence-electron chi connectivity index (χ4n) is 2.79. The molecule has 0 saturated heterocycles. The average Bonchev–Trinajstić information content (AvgIpc) is 3.31. The van der Waals surface area contributed by atoms with E-state index < -0.39 is 11.5 Å². The highest BCUT2D eigenvalue weighted by Crippen LogP contribution is 2.21. The van der Waals surface area contributed by atoms with Crippen LogP contribution in [0.25, 0.3) is 11.5 Å². The van der Waals surface area contributed by atoms with Crippen LogP contribution in [0.4, 0.5) is 0 Å². The number of nitriles is 1. The normalized spacial score (nSPS) is 10.6. The molecule has 138 valence electrons. The maximum absolute atomic E-state index is 12.0. The summed E-state index contributed by atoms with van der Waals surface area (Å²) in [5, 5.41) is 12.9. The Hall–Kier alpha value is -3.60. The van der Waals surface area contributed by atoms with Crippen molar-refractivity contribution < 1.29 is 18.5 Å². The molecule has 3 heterocycles. The van der Waals surface area contributed by atoms with E-state index in [0.29, 0.717) is 34.9 Å². The van der Waals surface area contributed by atoms with Gasteiger partial charge in [0.1, 0.15) is 23.9 Å². The van der Waals surface area contributed by atoms with Crippen LogP contribution in [0.3, 0.4) is 0 Å². The molecule has 8 heteroatoms. The number of rotatable bonds is 6. The van der Waals surface area contributed by atoms with E-state index >= 15 is 0 Å². The van der Waals surface area contributed by atoms with Crippen LogP contribution in [0.5, 0.6) is 0 Å². The molecular weight excluding hydrogens is 350 g/mol. The third-order valence-corrected chi connectivity index (χ3v) is 4.20. The predicted molar refractivity (Wildman–Crippen MR) is 93.6 cm³/mol. The van der Waals surface area contributed by atoms with Crippen LogP contribution in [0, 0.1) is 25.2 Å². The topological polar surface area (TPSA) is 122 Å². The lowest BCUT2D eigenvalue weighted by molar-refractivity contribution is -0.145. The van der Waals surface area contributed by atoms with Crippen LogP contribution in [-0.4, -0.2) is 16.1 Å². The van der Waals surface area contributed by atoms with Crippen molar-refractivity contribution in [1.82, 2.24) is 10.1 Å². The number of hydrogen-bond acceptors (Lipinski definition) is 7. The molecule has 0 unspecified atom stereocenters. The van der Waals surface area contributed by atoms with Crippen LogP contribution in [0.2, 0.25) is 0 Å². The number of ether oxygens (including phenoxy) is 1. The molecule has 0 radical (unpaired) electrons. The van der Waals surface area contributed by atoms with Gasteiger partial charge in [0.2, 0.25) is 5.76 Å². The standard InChI is InChI=1S/C19H17N3O5/c1-11-14(12(2)21-19(24)15(11)9-20)5-6-18(23)26-10-13-8-17(27-22-13)16-4-3-7-25-16/h3-4,7-8H,5-6,10H2,1-2H3,(H,21,24). The first-order valence-corrected chi connectivity index (χ1v) is 8.27. The van der Waals surface area contributed by atoms with Gasteiger partial charge in [-0.3, -0.25) is 9.59 Å². The molecule has 0 aromatic carbocycles. The number of esters is 1. The fourth-order valence-corrected chi connectivity index (χ4v) is 2.79. The Kier molecular flexibility index (Phi) is 5.22. The highest BCUT2D eigenvalue weighted by atomic mass is 16.5. The molecular formula is C19H17N3O5. The maximum atomic E-state index is 12.0. The van der Waals surface area contributed by atoms with E-state index in [1.54, 1.807) is 32.0 Å². The Bertz CT molecular complexity index is 1050. The van der Waals surface area contributed by atoms with E-state index in [4.69, 9.17) is 18.9 Å². The Morgan fingerprint density at radius 3 is 2.89 bits per heavy atom. The van der Waals surface area contributed by atoms with Gasteiger partial charge in [-0.25, -0.2) is 0 Å². The van der Waals surface area contributed by atoms with Gasteiger partial charge in [-0.1, -0.05) is 5.16 Å². The van der Waals surface area contributed by atoms with Crippen molar-refractivity contribution in [3.8, 4) is 17.6 Å². The fraction of sp³-hybridized carbons (Fsp3) is 0.263. The lowest BCUT2D eigenvalue weighted by atomic mass is 9.99. The summed E-state index contributed by atoms with van der Waals surface area (Å²) in [7, 11) is 0. The van der Waals surface area contributed by atoms with Crippen LogP contribution in [0.15, 0.2) is 38.2 Å². The van der Waals surface area contributed by atoms with Crippen LogP contribution in [0.1, 0.15) is 34.5 Å². The number of nitrogens with zero attached hydrogens (tertiary/aromatic N) is 2. The number of aromatic nitrogens is 2. The smallest absolute Gasteiger partial charge is 0.306 e. The van der Waals surface area contributed by atoms with Gasteiger partial charge in [0, 0.05) is 18.2 Å². The number of H-pyrrole nitrogens is 1. The highest BCUT2D eigenvalue weighted by molar-refractivity contribution is 5.70. The average molecular weight is 367 g/mol. The Morgan fingerprint density at radius 1 is 1.37 bits per heavy atom. The van der Waals surface area contributed by atoms with Crippen molar-refractivity contribution in [3.63, 3.8) is 0 Å². The monoisotopic (exact) mass is 367 g/mol. The Labute approximate surface area is 154 Å². The summed E-state index contributed by atoms with van der Waals surface area (Å²) < 4.78 is 15.6. The molecule has 0 aliphatic carbocycles. The van der Waals surface area contributed by atoms with E-state index in [9.17, 15) is 9.59 Å². The minimum Gasteiger partial charge on any atom is -0.461 e. The van der Waals surface area contributed by atoms with Gasteiger partial charge in [-0.15, -0.1) is 0 Å². The number of aryl methyl sites for hydroxylation is 1. The van der Waals surface area contributed by atoms with Crippen molar-refractivity contribution in [2.24, 2.45) is 0 Å². The zero-order chi connectivity index (χ0) is 19.4. The van der Waals surface area contributed by atoms with Gasteiger partial charge >= 0.3 is 5.97 Å². The largest absolute Gasteiger partial charge is 0.461 e. The SMILES string of the molecule is Cc1[nH]c(=O)c(C#N)c(C)c1CCC(=O)OCc1cc(-c2ccco2)on1. The molecule has 3 aromatic heterocycles. The molecule has 8 nitrogen and oxygen atoms in total. The molecule has 0 aliphatic rings. The van der Waals surface area contributed by atoms with Gasteiger partial charge in [0.05, 0.1) is 6.26 Å². The maximum Gasteiger partial charge on any atom is 0.306 e. The van der Waals surface area contributed by atoms with Crippen molar-refractivity contribution in [2.45, 2.75) is 33.3 Å². The summed E-state index contributed by atoms with van der Waals surface area (Å²) in [5.74, 6) is 0.577. The van der Waals surface area contributed by atoms with Gasteiger partial charge in [0.25, 0.3) is 5.56 Å². The summed E-state index contributed by atoms with van der Waals surface area (Å²) in [6.07, 6.45) is 2.00. The van der Waals surface area contributed by atoms with E-state index in [2.05, 4.69) is 10.1 Å². The molecule has 3 rings (SSSR count). The number of hydrogen-bond donors (Lipinski definition) is 1.